The van der Waals surface area contributed by atoms with E-state index in [2.05, 4.69) is 10.6 Å². The van der Waals surface area contributed by atoms with Gasteiger partial charge in [0, 0.05) is 24.6 Å². The van der Waals surface area contributed by atoms with Crippen LogP contribution in [0, 0.1) is 5.92 Å². The van der Waals surface area contributed by atoms with Crippen LogP contribution in [0.3, 0.4) is 0 Å². The van der Waals surface area contributed by atoms with Crippen LogP contribution in [0.4, 0.5) is 5.69 Å². The zero-order valence-corrected chi connectivity index (χ0v) is 14.6. The number of benzene rings is 1. The van der Waals surface area contributed by atoms with E-state index in [1.54, 1.807) is 0 Å². The van der Waals surface area contributed by atoms with Crippen molar-refractivity contribution in [3.05, 3.63) is 23.8 Å². The first-order valence-corrected chi connectivity index (χ1v) is 9.09. The van der Waals surface area contributed by atoms with E-state index in [1.807, 2.05) is 18.2 Å². The predicted molar refractivity (Wildman–Crippen MR) is 95.0 cm³/mol. The summed E-state index contributed by atoms with van der Waals surface area (Å²) in [5, 5.41) is 14.7. The first-order valence-electron chi connectivity index (χ1n) is 9.09. The Morgan fingerprint density at radius 1 is 1.27 bits per heavy atom. The van der Waals surface area contributed by atoms with Gasteiger partial charge in [-0.25, -0.2) is 0 Å². The van der Waals surface area contributed by atoms with Crippen LogP contribution in [-0.2, 0) is 20.8 Å². The molecular formula is C19H24N2O5. The highest BCUT2D eigenvalue weighted by Crippen LogP contribution is 2.27. The Hall–Kier alpha value is -2.57. The summed E-state index contributed by atoms with van der Waals surface area (Å²) in [4.78, 5) is 34.2. The van der Waals surface area contributed by atoms with E-state index in [-0.39, 0.29) is 23.8 Å². The molecule has 0 spiro atoms. The third-order valence-electron chi connectivity index (χ3n) is 4.94. The van der Waals surface area contributed by atoms with Crippen LogP contribution in [0.1, 0.15) is 44.1 Å². The lowest BCUT2D eigenvalue weighted by atomic mass is 10.0. The largest absolute Gasteiger partial charge is 0.494 e. The minimum atomic E-state index is -0.778. The number of carbonyl (C=O) groups is 3. The van der Waals surface area contributed by atoms with E-state index in [4.69, 9.17) is 9.84 Å². The number of hydrogen-bond acceptors (Lipinski definition) is 4. The molecule has 1 fully saturated rings. The number of ether oxygens (including phenoxy) is 1. The normalized spacial score (nSPS) is 21.6. The fraction of sp³-hybridized carbons (Fsp3) is 0.526. The summed E-state index contributed by atoms with van der Waals surface area (Å²) in [6.45, 7) is 0.432. The number of rotatable bonds is 7. The molecule has 1 heterocycles. The van der Waals surface area contributed by atoms with Crippen molar-refractivity contribution in [3.8, 4) is 5.75 Å². The molecule has 3 rings (SSSR count). The molecule has 1 aliphatic carbocycles. The zero-order chi connectivity index (χ0) is 18.5. The highest BCUT2D eigenvalue weighted by Gasteiger charge is 2.30. The molecule has 3 N–H and O–H groups in total. The fourth-order valence-electron chi connectivity index (χ4n) is 3.51. The first-order chi connectivity index (χ1) is 12.5. The lowest BCUT2D eigenvalue weighted by Crippen LogP contribution is -2.33. The van der Waals surface area contributed by atoms with Crippen LogP contribution >= 0.6 is 0 Å². The van der Waals surface area contributed by atoms with E-state index >= 15 is 0 Å². The Morgan fingerprint density at radius 3 is 2.88 bits per heavy atom. The predicted octanol–water partition coefficient (Wildman–Crippen LogP) is 2.10. The van der Waals surface area contributed by atoms with E-state index < -0.39 is 5.97 Å². The molecule has 7 nitrogen and oxygen atoms in total. The number of carboxylic acids is 1. The second kappa shape index (κ2) is 8.21. The molecule has 26 heavy (non-hydrogen) atoms. The Labute approximate surface area is 152 Å². The lowest BCUT2D eigenvalue weighted by molar-refractivity contribution is -0.141. The van der Waals surface area contributed by atoms with Crippen molar-refractivity contribution in [2.45, 2.75) is 51.0 Å². The summed E-state index contributed by atoms with van der Waals surface area (Å²) < 4.78 is 5.70. The third-order valence-corrected chi connectivity index (χ3v) is 4.94. The van der Waals surface area contributed by atoms with Crippen LogP contribution in [0.15, 0.2) is 18.2 Å². The summed E-state index contributed by atoms with van der Waals surface area (Å²) in [5.74, 6) is -0.399. The number of fused-ring (bicyclic) bond motifs is 1. The molecule has 140 valence electrons. The van der Waals surface area contributed by atoms with Crippen molar-refractivity contribution in [1.29, 1.82) is 0 Å². The van der Waals surface area contributed by atoms with Crippen LogP contribution in [0.5, 0.6) is 5.75 Å². The molecule has 2 atom stereocenters. The van der Waals surface area contributed by atoms with Gasteiger partial charge in [0.1, 0.15) is 5.75 Å². The van der Waals surface area contributed by atoms with Gasteiger partial charge < -0.3 is 20.5 Å². The number of amides is 2. The van der Waals surface area contributed by atoms with Gasteiger partial charge in [0.2, 0.25) is 11.8 Å². The molecule has 7 heteroatoms. The van der Waals surface area contributed by atoms with Crippen molar-refractivity contribution in [2.75, 3.05) is 11.9 Å². The molecule has 0 saturated heterocycles. The van der Waals surface area contributed by atoms with Crippen molar-refractivity contribution >= 4 is 23.5 Å². The van der Waals surface area contributed by atoms with Gasteiger partial charge in [-0.1, -0.05) is 0 Å². The molecule has 2 aliphatic rings. The number of aryl methyl sites for hydroxylation is 1. The summed E-state index contributed by atoms with van der Waals surface area (Å²) >= 11 is 0. The Balaban J connectivity index is 1.36. The monoisotopic (exact) mass is 360 g/mol. The molecule has 2 amide bonds. The minimum absolute atomic E-state index is 0.0274. The van der Waals surface area contributed by atoms with E-state index in [1.165, 1.54) is 0 Å². The smallest absolute Gasteiger partial charge is 0.306 e. The van der Waals surface area contributed by atoms with Gasteiger partial charge in [0.25, 0.3) is 0 Å². The van der Waals surface area contributed by atoms with E-state index in [9.17, 15) is 14.4 Å². The third kappa shape index (κ3) is 4.74. The number of nitrogens with one attached hydrogen (secondary N) is 2. The second-order valence-corrected chi connectivity index (χ2v) is 6.93. The number of aliphatic carboxylic acids is 1. The maximum Gasteiger partial charge on any atom is 0.306 e. The lowest BCUT2D eigenvalue weighted by Gasteiger charge is -2.17. The number of hydrogen-bond donors (Lipinski definition) is 3. The second-order valence-electron chi connectivity index (χ2n) is 6.93. The maximum atomic E-state index is 12.0. The average Bonchev–Trinajstić information content (AvgIpc) is 3.07. The Morgan fingerprint density at radius 2 is 2.12 bits per heavy atom. The molecule has 1 saturated carbocycles. The van der Waals surface area contributed by atoms with Gasteiger partial charge in [-0.2, -0.15) is 0 Å². The highest BCUT2D eigenvalue weighted by atomic mass is 16.5. The number of anilines is 1. The van der Waals surface area contributed by atoms with Crippen LogP contribution < -0.4 is 15.4 Å². The molecule has 1 aromatic rings. The van der Waals surface area contributed by atoms with Gasteiger partial charge >= 0.3 is 5.97 Å². The molecule has 0 bridgehead atoms. The maximum absolute atomic E-state index is 12.0. The van der Waals surface area contributed by atoms with Gasteiger partial charge in [-0.3, -0.25) is 14.4 Å². The molecule has 0 aromatic heterocycles. The summed E-state index contributed by atoms with van der Waals surface area (Å²) in [6.07, 6.45) is 4.01. The summed E-state index contributed by atoms with van der Waals surface area (Å²) in [7, 11) is 0. The van der Waals surface area contributed by atoms with Gasteiger partial charge in [0.05, 0.1) is 12.5 Å². The van der Waals surface area contributed by atoms with Gasteiger partial charge in [-0.05, 0) is 55.9 Å². The molecule has 0 radical (unpaired) electrons. The summed E-state index contributed by atoms with van der Waals surface area (Å²) in [5.41, 5.74) is 1.90. The minimum Gasteiger partial charge on any atom is -0.494 e. The fourth-order valence-corrected chi connectivity index (χ4v) is 3.51. The summed E-state index contributed by atoms with van der Waals surface area (Å²) in [6, 6.07) is 5.56. The van der Waals surface area contributed by atoms with Crippen molar-refractivity contribution in [1.82, 2.24) is 5.32 Å². The number of carboxylic acid groups (broad SMARTS) is 1. The van der Waals surface area contributed by atoms with Crippen LogP contribution in [0.2, 0.25) is 0 Å². The Kier molecular flexibility index (Phi) is 5.75. The van der Waals surface area contributed by atoms with Crippen molar-refractivity contribution in [3.63, 3.8) is 0 Å². The van der Waals surface area contributed by atoms with E-state index in [0.717, 1.165) is 23.4 Å². The van der Waals surface area contributed by atoms with Crippen LogP contribution in [0.25, 0.3) is 0 Å². The van der Waals surface area contributed by atoms with Gasteiger partial charge in [0.15, 0.2) is 0 Å². The van der Waals surface area contributed by atoms with Gasteiger partial charge in [-0.15, -0.1) is 0 Å². The van der Waals surface area contributed by atoms with Crippen molar-refractivity contribution in [2.24, 2.45) is 5.92 Å². The van der Waals surface area contributed by atoms with E-state index in [0.29, 0.717) is 45.1 Å². The number of carbonyl (C=O) groups excluding carboxylic acids is 2. The highest BCUT2D eigenvalue weighted by molar-refractivity contribution is 5.94. The Bertz CT molecular complexity index is 703. The van der Waals surface area contributed by atoms with Crippen LogP contribution in [-0.4, -0.2) is 35.5 Å². The SMILES string of the molecule is O=C1CCc2cc(OCCCC(=O)N[C@H]3CC[C@@H](C(=O)O)C3)ccc2N1. The average molecular weight is 360 g/mol. The molecule has 1 aromatic carbocycles. The molecular weight excluding hydrogens is 336 g/mol. The standard InChI is InChI=1S/C19H24N2O5/c22-17(20-14-5-3-13(10-14)19(24)25)2-1-9-26-15-6-7-16-12(11-15)4-8-18(23)21-16/h6-7,11,13-14H,1-5,8-10H2,(H,20,22)(H,21,23)(H,24,25)/t13-,14+/m1/s1. The molecule has 1 aliphatic heterocycles. The zero-order valence-electron chi connectivity index (χ0n) is 14.6. The van der Waals surface area contributed by atoms with Crippen molar-refractivity contribution < 1.29 is 24.2 Å². The quantitative estimate of drug-likeness (QED) is 0.646. The molecule has 0 unspecified atom stereocenters. The first kappa shape index (κ1) is 18.2. The topological polar surface area (TPSA) is 105 Å².